The van der Waals surface area contributed by atoms with Gasteiger partial charge in [-0.2, -0.15) is 0 Å². The van der Waals surface area contributed by atoms with E-state index in [0.717, 1.165) is 6.07 Å². The second-order valence-electron chi connectivity index (χ2n) is 2.05. The van der Waals surface area contributed by atoms with Crippen LogP contribution in [0.1, 0.15) is 12.1 Å². The van der Waals surface area contributed by atoms with Crippen molar-refractivity contribution in [2.45, 2.75) is 6.43 Å². The summed E-state index contributed by atoms with van der Waals surface area (Å²) in [5, 5.41) is 0. The van der Waals surface area contributed by atoms with Crippen LogP contribution in [-0.4, -0.2) is 12.1 Å². The van der Waals surface area contributed by atoms with Crippen LogP contribution in [-0.2, 0) is 0 Å². The molecular weight excluding hydrogens is 171 g/mol. The van der Waals surface area contributed by atoms with Crippen molar-refractivity contribution in [1.29, 1.82) is 0 Å². The monoisotopic (exact) mass is 177 g/mol. The summed E-state index contributed by atoms with van der Waals surface area (Å²) in [6.07, 6.45) is -2.78. The van der Waals surface area contributed by atoms with Crippen molar-refractivity contribution >= 4 is 0 Å². The molecule has 0 aliphatic carbocycles. The summed E-state index contributed by atoms with van der Waals surface area (Å²) in [5.41, 5.74) is -0.619. The number of methoxy groups -OCH3 is 1. The van der Waals surface area contributed by atoms with Crippen molar-refractivity contribution < 1.29 is 17.9 Å². The average Bonchev–Trinajstić information content (AvgIpc) is 2.03. The smallest absolute Gasteiger partial charge is 0.280 e. The Morgan fingerprint density at radius 1 is 1.42 bits per heavy atom. The highest BCUT2D eigenvalue weighted by Crippen LogP contribution is 2.20. The predicted molar refractivity (Wildman–Crippen MR) is 35.7 cm³/mol. The number of halogens is 3. The molecule has 1 aromatic heterocycles. The van der Waals surface area contributed by atoms with E-state index in [4.69, 9.17) is 0 Å². The molecule has 5 heteroatoms. The molecule has 1 rings (SSSR count). The SMILES string of the molecule is COc1cc(F)cc(C(F)F)n1. The first kappa shape index (κ1) is 8.83. The van der Waals surface area contributed by atoms with E-state index in [2.05, 4.69) is 9.72 Å². The fourth-order valence-corrected chi connectivity index (χ4v) is 0.709. The van der Waals surface area contributed by atoms with Gasteiger partial charge in [0.05, 0.1) is 7.11 Å². The van der Waals surface area contributed by atoms with Gasteiger partial charge >= 0.3 is 0 Å². The van der Waals surface area contributed by atoms with Crippen molar-refractivity contribution in [3.8, 4) is 5.88 Å². The Kier molecular flexibility index (Phi) is 2.52. The molecule has 0 amide bonds. The summed E-state index contributed by atoms with van der Waals surface area (Å²) in [6, 6.07) is 1.61. The summed E-state index contributed by atoms with van der Waals surface area (Å²) in [5.74, 6) is -0.928. The standard InChI is InChI=1S/C7H6F3NO/c1-12-6-3-4(8)2-5(11-6)7(9)10/h2-3,7H,1H3. The van der Waals surface area contributed by atoms with Gasteiger partial charge in [0, 0.05) is 12.1 Å². The van der Waals surface area contributed by atoms with Crippen molar-refractivity contribution in [2.24, 2.45) is 0 Å². The zero-order valence-electron chi connectivity index (χ0n) is 6.22. The van der Waals surface area contributed by atoms with Crippen LogP contribution in [0.5, 0.6) is 5.88 Å². The molecule has 0 atom stereocenters. The molecule has 1 heterocycles. The highest BCUT2D eigenvalue weighted by Gasteiger charge is 2.11. The van der Waals surface area contributed by atoms with Crippen molar-refractivity contribution in [3.63, 3.8) is 0 Å². The van der Waals surface area contributed by atoms with Gasteiger partial charge in [0.15, 0.2) is 0 Å². The Morgan fingerprint density at radius 2 is 2.08 bits per heavy atom. The Bertz CT molecular complexity index is 277. The van der Waals surface area contributed by atoms with Crippen LogP contribution in [0.4, 0.5) is 13.2 Å². The van der Waals surface area contributed by atoms with E-state index in [9.17, 15) is 13.2 Å². The lowest BCUT2D eigenvalue weighted by molar-refractivity contribution is 0.144. The lowest BCUT2D eigenvalue weighted by Gasteiger charge is -2.02. The molecule has 0 aromatic carbocycles. The third-order valence-corrected chi connectivity index (χ3v) is 1.22. The number of hydrogen-bond acceptors (Lipinski definition) is 2. The Labute approximate surface area is 67.0 Å². The van der Waals surface area contributed by atoms with Crippen molar-refractivity contribution in [1.82, 2.24) is 4.98 Å². The summed E-state index contributed by atoms with van der Waals surface area (Å²) < 4.78 is 41.0. The van der Waals surface area contributed by atoms with Crippen LogP contribution in [0.3, 0.4) is 0 Å². The second-order valence-corrected chi connectivity index (χ2v) is 2.05. The van der Waals surface area contributed by atoms with Crippen molar-refractivity contribution in [2.75, 3.05) is 7.11 Å². The molecule has 0 aliphatic heterocycles. The maximum Gasteiger partial charge on any atom is 0.280 e. The summed E-state index contributed by atoms with van der Waals surface area (Å²) in [6.45, 7) is 0. The second kappa shape index (κ2) is 3.42. The lowest BCUT2D eigenvalue weighted by Crippen LogP contribution is -1.95. The first-order valence-electron chi connectivity index (χ1n) is 3.13. The number of nitrogens with zero attached hydrogens (tertiary/aromatic N) is 1. The van der Waals surface area contributed by atoms with Crippen LogP contribution >= 0.6 is 0 Å². The molecule has 0 bridgehead atoms. The minimum Gasteiger partial charge on any atom is -0.481 e. The normalized spacial score (nSPS) is 10.4. The van der Waals surface area contributed by atoms with Gasteiger partial charge < -0.3 is 4.74 Å². The van der Waals surface area contributed by atoms with Crippen LogP contribution in [0.2, 0.25) is 0 Å². The van der Waals surface area contributed by atoms with Gasteiger partial charge in [-0.25, -0.2) is 18.2 Å². The van der Waals surface area contributed by atoms with E-state index in [0.29, 0.717) is 6.07 Å². The van der Waals surface area contributed by atoms with Gasteiger partial charge in [-0.3, -0.25) is 0 Å². The fraction of sp³-hybridized carbons (Fsp3) is 0.286. The molecule has 0 fully saturated rings. The van der Waals surface area contributed by atoms with E-state index >= 15 is 0 Å². The highest BCUT2D eigenvalue weighted by molar-refractivity contribution is 5.18. The van der Waals surface area contributed by atoms with E-state index in [1.807, 2.05) is 0 Å². The molecule has 1 aromatic rings. The molecular formula is C7H6F3NO. The van der Waals surface area contributed by atoms with Crippen LogP contribution in [0, 0.1) is 5.82 Å². The van der Waals surface area contributed by atoms with Gasteiger partial charge in [-0.05, 0) is 0 Å². The fourth-order valence-electron chi connectivity index (χ4n) is 0.709. The Balaban J connectivity index is 3.06. The molecule has 0 saturated heterocycles. The molecule has 12 heavy (non-hydrogen) atoms. The number of aromatic nitrogens is 1. The minimum absolute atomic E-state index is 0.148. The maximum absolute atomic E-state index is 12.5. The first-order valence-corrected chi connectivity index (χ1v) is 3.13. The van der Waals surface area contributed by atoms with E-state index in [1.54, 1.807) is 0 Å². The number of pyridine rings is 1. The van der Waals surface area contributed by atoms with Gasteiger partial charge in [0.1, 0.15) is 11.5 Å². The van der Waals surface area contributed by atoms with Crippen LogP contribution in [0.15, 0.2) is 12.1 Å². The minimum atomic E-state index is -2.78. The molecule has 0 saturated carbocycles. The molecule has 0 spiro atoms. The third-order valence-electron chi connectivity index (χ3n) is 1.22. The van der Waals surface area contributed by atoms with Gasteiger partial charge in [0.2, 0.25) is 5.88 Å². The quantitative estimate of drug-likeness (QED) is 0.690. The van der Waals surface area contributed by atoms with E-state index in [-0.39, 0.29) is 5.88 Å². The number of rotatable bonds is 2. The van der Waals surface area contributed by atoms with Crippen molar-refractivity contribution in [3.05, 3.63) is 23.6 Å². The first-order chi connectivity index (χ1) is 5.63. The van der Waals surface area contributed by atoms with Gasteiger partial charge in [-0.1, -0.05) is 0 Å². The molecule has 0 unspecified atom stereocenters. The lowest BCUT2D eigenvalue weighted by atomic mass is 10.3. The predicted octanol–water partition coefficient (Wildman–Crippen LogP) is 2.17. The number of ether oxygens (including phenoxy) is 1. The number of hydrogen-bond donors (Lipinski definition) is 0. The molecule has 0 radical (unpaired) electrons. The van der Waals surface area contributed by atoms with Gasteiger partial charge in [-0.15, -0.1) is 0 Å². The third kappa shape index (κ3) is 1.87. The Hall–Kier alpha value is -1.26. The van der Waals surface area contributed by atoms with E-state index < -0.39 is 17.9 Å². The van der Waals surface area contributed by atoms with Gasteiger partial charge in [0.25, 0.3) is 6.43 Å². The Morgan fingerprint density at radius 3 is 2.58 bits per heavy atom. The van der Waals surface area contributed by atoms with Crippen LogP contribution < -0.4 is 4.74 Å². The topological polar surface area (TPSA) is 22.1 Å². The zero-order chi connectivity index (χ0) is 9.14. The molecule has 0 aliphatic rings. The largest absolute Gasteiger partial charge is 0.481 e. The van der Waals surface area contributed by atoms with E-state index in [1.165, 1.54) is 7.11 Å². The highest BCUT2D eigenvalue weighted by atomic mass is 19.3. The summed E-state index contributed by atoms with van der Waals surface area (Å²) in [4.78, 5) is 3.34. The molecule has 66 valence electrons. The maximum atomic E-state index is 12.5. The van der Waals surface area contributed by atoms with Crippen LogP contribution in [0.25, 0.3) is 0 Å². The summed E-state index contributed by atoms with van der Waals surface area (Å²) in [7, 11) is 1.23. The zero-order valence-corrected chi connectivity index (χ0v) is 6.22. The molecule has 2 nitrogen and oxygen atoms in total. The molecule has 0 N–H and O–H groups in total. The average molecular weight is 177 g/mol. The summed E-state index contributed by atoms with van der Waals surface area (Å²) >= 11 is 0. The number of alkyl halides is 2.